The van der Waals surface area contributed by atoms with Gasteiger partial charge in [-0.1, -0.05) is 107 Å². The second kappa shape index (κ2) is 13.2. The zero-order valence-electron chi connectivity index (χ0n) is 29.6. The molecule has 2 aromatic carbocycles. The van der Waals surface area contributed by atoms with Crippen LogP contribution in [0.25, 0.3) is 0 Å². The van der Waals surface area contributed by atoms with Crippen LogP contribution in [0.15, 0.2) is 91.3 Å². The van der Waals surface area contributed by atoms with E-state index in [-0.39, 0.29) is 34.0 Å². The van der Waals surface area contributed by atoms with E-state index in [1.807, 2.05) is 12.3 Å². The molecule has 0 unspecified atom stereocenters. The van der Waals surface area contributed by atoms with Crippen LogP contribution < -0.4 is 10.4 Å². The first kappa shape index (κ1) is 33.9. The van der Waals surface area contributed by atoms with Crippen LogP contribution >= 0.6 is 0 Å². The van der Waals surface area contributed by atoms with E-state index in [1.54, 1.807) is 6.92 Å². The summed E-state index contributed by atoms with van der Waals surface area (Å²) < 4.78 is 16.2. The Labute approximate surface area is 284 Å². The van der Waals surface area contributed by atoms with E-state index in [4.69, 9.17) is 9.16 Å². The molecule has 0 saturated heterocycles. The SMILES string of the molecule is C=C1CC[C@H]2[C@H](OC(C)=O)[C@@H]([C@@]3(C)CC[C@H](O[Si](c4ccccc4)(c4ccccc4)C(C)(C)C)C[C@@H]3CCn3cccn3)CC[C@]12C. The van der Waals surface area contributed by atoms with Crippen molar-refractivity contribution in [2.45, 2.75) is 117 Å². The van der Waals surface area contributed by atoms with Gasteiger partial charge in [0, 0.05) is 43.8 Å². The van der Waals surface area contributed by atoms with Crippen molar-refractivity contribution in [3.63, 3.8) is 0 Å². The molecular weight excluding hydrogens is 597 g/mol. The molecule has 0 aliphatic heterocycles. The molecule has 3 saturated carbocycles. The van der Waals surface area contributed by atoms with Crippen molar-refractivity contribution in [2.75, 3.05) is 0 Å². The summed E-state index contributed by atoms with van der Waals surface area (Å²) in [6, 6.07) is 24.1. The number of aryl methyl sites for hydroxylation is 1. The summed E-state index contributed by atoms with van der Waals surface area (Å²) in [5.41, 5.74) is 1.42. The average molecular weight is 653 g/mol. The highest BCUT2D eigenvalue weighted by Crippen LogP contribution is 2.62. The van der Waals surface area contributed by atoms with Gasteiger partial charge in [-0.05, 0) is 89.6 Å². The van der Waals surface area contributed by atoms with Crippen molar-refractivity contribution >= 4 is 24.7 Å². The predicted molar refractivity (Wildman–Crippen MR) is 193 cm³/mol. The second-order valence-electron chi connectivity index (χ2n) is 16.3. The molecule has 3 aromatic rings. The highest BCUT2D eigenvalue weighted by atomic mass is 28.4. The van der Waals surface area contributed by atoms with Crippen LogP contribution in [0.4, 0.5) is 0 Å². The summed E-state index contributed by atoms with van der Waals surface area (Å²) in [5, 5.41) is 7.18. The fourth-order valence-electron chi connectivity index (χ4n) is 10.1. The molecule has 3 aliphatic carbocycles. The minimum atomic E-state index is -2.70. The third-order valence-electron chi connectivity index (χ3n) is 12.8. The Morgan fingerprint density at radius 2 is 1.62 bits per heavy atom. The van der Waals surface area contributed by atoms with Crippen molar-refractivity contribution in [1.29, 1.82) is 0 Å². The Hall–Kier alpha value is -2.96. The first-order valence-corrected chi connectivity index (χ1v) is 19.9. The molecule has 47 heavy (non-hydrogen) atoms. The summed E-state index contributed by atoms with van der Waals surface area (Å²) in [6.07, 6.45) is 12.4. The van der Waals surface area contributed by atoms with E-state index in [2.05, 4.69) is 118 Å². The Balaban J connectivity index is 1.36. The first-order chi connectivity index (χ1) is 22.4. The van der Waals surface area contributed by atoms with Crippen molar-refractivity contribution in [3.8, 4) is 0 Å². The molecule has 0 amide bonds. The van der Waals surface area contributed by atoms with E-state index < -0.39 is 8.32 Å². The number of rotatable bonds is 9. The zero-order valence-corrected chi connectivity index (χ0v) is 30.6. The Morgan fingerprint density at radius 1 is 0.957 bits per heavy atom. The van der Waals surface area contributed by atoms with Gasteiger partial charge in [0.05, 0.1) is 0 Å². The summed E-state index contributed by atoms with van der Waals surface area (Å²) in [7, 11) is -2.70. The Morgan fingerprint density at radius 3 is 2.19 bits per heavy atom. The monoisotopic (exact) mass is 652 g/mol. The lowest BCUT2D eigenvalue weighted by molar-refractivity contribution is -0.173. The molecule has 0 bridgehead atoms. The lowest BCUT2D eigenvalue weighted by Gasteiger charge is -2.57. The summed E-state index contributed by atoms with van der Waals surface area (Å²) in [5.74, 6) is 0.905. The summed E-state index contributed by atoms with van der Waals surface area (Å²) >= 11 is 0. The van der Waals surface area contributed by atoms with Crippen molar-refractivity contribution in [3.05, 3.63) is 91.3 Å². The number of aromatic nitrogens is 2. The number of nitrogens with zero attached hydrogens (tertiary/aromatic N) is 2. The first-order valence-electron chi connectivity index (χ1n) is 18.0. The van der Waals surface area contributed by atoms with Gasteiger partial charge in [0.1, 0.15) is 6.10 Å². The summed E-state index contributed by atoms with van der Waals surface area (Å²) in [4.78, 5) is 12.7. The number of allylic oxidation sites excluding steroid dienone is 1. The van der Waals surface area contributed by atoms with E-state index in [0.29, 0.717) is 17.8 Å². The normalized spacial score (nSPS) is 31.4. The minimum absolute atomic E-state index is 0.0177. The fourth-order valence-corrected chi connectivity index (χ4v) is 14.9. The van der Waals surface area contributed by atoms with Crippen molar-refractivity contribution in [1.82, 2.24) is 9.78 Å². The number of carbonyl (C=O) groups is 1. The maximum atomic E-state index is 12.7. The van der Waals surface area contributed by atoms with Gasteiger partial charge >= 0.3 is 5.97 Å². The van der Waals surface area contributed by atoms with E-state index >= 15 is 0 Å². The number of esters is 1. The van der Waals surface area contributed by atoms with E-state index in [1.165, 1.54) is 15.9 Å². The Bertz CT molecular complexity index is 1480. The van der Waals surface area contributed by atoms with Crippen LogP contribution in [0.2, 0.25) is 5.04 Å². The molecular formula is C41H56N2O3Si. The van der Waals surface area contributed by atoms with Gasteiger partial charge < -0.3 is 9.16 Å². The van der Waals surface area contributed by atoms with Gasteiger partial charge in [-0.15, -0.1) is 0 Å². The molecule has 6 heteroatoms. The van der Waals surface area contributed by atoms with Gasteiger partial charge in [0.15, 0.2) is 0 Å². The Kier molecular flexibility index (Phi) is 9.49. The van der Waals surface area contributed by atoms with Crippen LogP contribution in [0.1, 0.15) is 92.9 Å². The van der Waals surface area contributed by atoms with Crippen molar-refractivity contribution in [2.24, 2.45) is 28.6 Å². The number of hydrogen-bond acceptors (Lipinski definition) is 4. The molecule has 0 N–H and O–H groups in total. The molecule has 0 spiro atoms. The molecule has 3 aliphatic rings. The summed E-state index contributed by atoms with van der Waals surface area (Å²) in [6.45, 7) is 19.0. The maximum absolute atomic E-state index is 12.7. The molecule has 252 valence electrons. The molecule has 0 radical (unpaired) electrons. The molecule has 3 fully saturated rings. The fraction of sp³-hybridized carbons (Fsp3) is 0.561. The molecule has 1 aromatic heterocycles. The quantitative estimate of drug-likeness (QED) is 0.133. The van der Waals surface area contributed by atoms with Crippen LogP contribution in [0, 0.1) is 28.6 Å². The van der Waals surface area contributed by atoms with Gasteiger partial charge in [0.2, 0.25) is 0 Å². The van der Waals surface area contributed by atoms with Gasteiger partial charge in [-0.2, -0.15) is 5.10 Å². The standard InChI is InChI=1S/C41H56N2O3Si/c1-30-19-20-36-38(45-31(2)44)37(22-25-40(30,36)6)41(7)24-21-33(29-32(41)23-28-43-27-14-26-42-43)46-47(39(3,4)5,34-15-10-8-11-16-34)35-17-12-9-13-18-35/h8-18,26-27,32-33,36-38H,1,19-25,28-29H2,2-7H3/t32-,33-,36-,37-,38-,40+,41-/m0/s1. The van der Waals surface area contributed by atoms with Gasteiger partial charge in [-0.3, -0.25) is 9.48 Å². The predicted octanol–water partition coefficient (Wildman–Crippen LogP) is 8.34. The van der Waals surface area contributed by atoms with Crippen LogP contribution in [-0.2, 0) is 20.5 Å². The number of fused-ring (bicyclic) bond motifs is 1. The van der Waals surface area contributed by atoms with E-state index in [9.17, 15) is 4.79 Å². The third-order valence-corrected chi connectivity index (χ3v) is 17.9. The zero-order chi connectivity index (χ0) is 33.5. The van der Waals surface area contributed by atoms with Gasteiger partial charge in [-0.25, -0.2) is 0 Å². The number of ether oxygens (including phenoxy) is 1. The minimum Gasteiger partial charge on any atom is -0.462 e. The smallest absolute Gasteiger partial charge is 0.302 e. The topological polar surface area (TPSA) is 53.4 Å². The van der Waals surface area contributed by atoms with Gasteiger partial charge in [0.25, 0.3) is 8.32 Å². The number of hydrogen-bond donors (Lipinski definition) is 0. The van der Waals surface area contributed by atoms with Crippen LogP contribution in [0.3, 0.4) is 0 Å². The average Bonchev–Trinajstić information content (AvgIpc) is 3.67. The largest absolute Gasteiger partial charge is 0.462 e. The molecule has 5 nitrogen and oxygen atoms in total. The lowest BCUT2D eigenvalue weighted by Crippen LogP contribution is -2.68. The molecule has 7 atom stereocenters. The van der Waals surface area contributed by atoms with E-state index in [0.717, 1.165) is 57.9 Å². The maximum Gasteiger partial charge on any atom is 0.302 e. The molecule has 1 heterocycles. The lowest BCUT2D eigenvalue weighted by atomic mass is 9.51. The van der Waals surface area contributed by atoms with Crippen LogP contribution in [0.5, 0.6) is 0 Å². The highest BCUT2D eigenvalue weighted by Gasteiger charge is 2.59. The number of benzene rings is 2. The third kappa shape index (κ3) is 6.21. The van der Waals surface area contributed by atoms with Crippen LogP contribution in [-0.4, -0.2) is 36.3 Å². The molecule has 6 rings (SSSR count). The van der Waals surface area contributed by atoms with Crippen molar-refractivity contribution < 1.29 is 14.0 Å². The second-order valence-corrected chi connectivity index (χ2v) is 20.6. The highest BCUT2D eigenvalue weighted by molar-refractivity contribution is 6.99. The number of carbonyl (C=O) groups excluding carboxylic acids is 1.